The number of nitrogens with two attached hydrogens (primary N) is 1. The van der Waals surface area contributed by atoms with Gasteiger partial charge < -0.3 is 20.5 Å². The van der Waals surface area contributed by atoms with Gasteiger partial charge in [-0.25, -0.2) is 0 Å². The van der Waals surface area contributed by atoms with Crippen molar-refractivity contribution >= 4 is 11.8 Å². The van der Waals surface area contributed by atoms with Crippen molar-refractivity contribution in [3.63, 3.8) is 0 Å². The third-order valence-electron chi connectivity index (χ3n) is 2.55. The van der Waals surface area contributed by atoms with Crippen molar-refractivity contribution in [2.24, 2.45) is 5.73 Å². The summed E-state index contributed by atoms with van der Waals surface area (Å²) in [6, 6.07) is 4.93. The summed E-state index contributed by atoms with van der Waals surface area (Å²) in [5.41, 5.74) is 5.39. The van der Waals surface area contributed by atoms with Gasteiger partial charge in [0.1, 0.15) is 0 Å². The molecule has 6 nitrogen and oxygen atoms in total. The largest absolute Gasteiger partial charge is 0.490 e. The average Bonchev–Trinajstić information content (AvgIpc) is 2.48. The fourth-order valence-electron chi connectivity index (χ4n) is 1.57. The first-order chi connectivity index (χ1) is 10.1. The number of hydrogen-bond acceptors (Lipinski definition) is 4. The van der Waals surface area contributed by atoms with Crippen LogP contribution in [-0.4, -0.2) is 31.6 Å². The van der Waals surface area contributed by atoms with Crippen LogP contribution >= 0.6 is 0 Å². The number of nitrogens with one attached hydrogen (secondary N) is 1. The van der Waals surface area contributed by atoms with E-state index in [0.717, 1.165) is 12.8 Å². The van der Waals surface area contributed by atoms with Crippen molar-refractivity contribution in [3.8, 4) is 11.5 Å². The third kappa shape index (κ3) is 5.72. The van der Waals surface area contributed by atoms with Crippen molar-refractivity contribution in [2.45, 2.75) is 26.7 Å². The summed E-state index contributed by atoms with van der Waals surface area (Å²) in [7, 11) is 0. The summed E-state index contributed by atoms with van der Waals surface area (Å²) in [5.74, 6) is 0.166. The second-order valence-electron chi connectivity index (χ2n) is 4.51. The van der Waals surface area contributed by atoms with Crippen LogP contribution in [0.2, 0.25) is 0 Å². The first-order valence-electron chi connectivity index (χ1n) is 7.04. The van der Waals surface area contributed by atoms with E-state index in [1.165, 1.54) is 0 Å². The Morgan fingerprint density at radius 1 is 1.10 bits per heavy atom. The molecule has 0 heterocycles. The van der Waals surface area contributed by atoms with E-state index in [1.807, 2.05) is 13.8 Å². The van der Waals surface area contributed by atoms with Gasteiger partial charge in [-0.3, -0.25) is 9.59 Å². The lowest BCUT2D eigenvalue weighted by molar-refractivity contribution is -0.117. The van der Waals surface area contributed by atoms with Crippen LogP contribution in [0.4, 0.5) is 0 Å². The molecule has 0 unspecified atom stereocenters. The number of rotatable bonds is 9. The molecule has 0 fully saturated rings. The van der Waals surface area contributed by atoms with Gasteiger partial charge >= 0.3 is 0 Å². The molecule has 0 aromatic heterocycles. The van der Waals surface area contributed by atoms with Crippen molar-refractivity contribution in [3.05, 3.63) is 23.8 Å². The number of carbonyl (C=O) groups excluding carboxylic acids is 2. The normalized spacial score (nSPS) is 10.0. The molecule has 0 bridgehead atoms. The molecule has 1 aromatic rings. The number of amides is 2. The quantitative estimate of drug-likeness (QED) is 0.721. The number of primary amides is 1. The monoisotopic (exact) mass is 294 g/mol. The van der Waals surface area contributed by atoms with E-state index >= 15 is 0 Å². The smallest absolute Gasteiger partial charge is 0.251 e. The van der Waals surface area contributed by atoms with Gasteiger partial charge in [-0.05, 0) is 31.0 Å². The second kappa shape index (κ2) is 8.84. The summed E-state index contributed by atoms with van der Waals surface area (Å²) in [4.78, 5) is 22.6. The highest BCUT2D eigenvalue weighted by molar-refractivity contribution is 5.96. The maximum atomic E-state index is 11.9. The first kappa shape index (κ1) is 16.8. The molecule has 6 heteroatoms. The van der Waals surface area contributed by atoms with E-state index < -0.39 is 5.91 Å². The number of carbonyl (C=O) groups is 2. The Hall–Kier alpha value is -2.24. The minimum Gasteiger partial charge on any atom is -0.490 e. The Balaban J connectivity index is 2.86. The zero-order chi connectivity index (χ0) is 15.7. The summed E-state index contributed by atoms with van der Waals surface area (Å²) in [6.45, 7) is 4.93. The minimum atomic E-state index is -0.589. The minimum absolute atomic E-state index is 0.196. The number of ether oxygens (including phenoxy) is 2. The van der Waals surface area contributed by atoms with Crippen LogP contribution in [-0.2, 0) is 4.79 Å². The Morgan fingerprint density at radius 2 is 1.71 bits per heavy atom. The van der Waals surface area contributed by atoms with Gasteiger partial charge in [-0.2, -0.15) is 0 Å². The highest BCUT2D eigenvalue weighted by atomic mass is 16.5. The van der Waals surface area contributed by atoms with Gasteiger partial charge in [-0.15, -0.1) is 0 Å². The molecule has 1 rings (SSSR count). The highest BCUT2D eigenvalue weighted by Crippen LogP contribution is 2.28. The summed E-state index contributed by atoms with van der Waals surface area (Å²) in [5, 5.41) is 2.43. The topological polar surface area (TPSA) is 90.6 Å². The van der Waals surface area contributed by atoms with Crippen LogP contribution in [0.3, 0.4) is 0 Å². The molecule has 0 aliphatic rings. The van der Waals surface area contributed by atoms with Crippen LogP contribution in [0.1, 0.15) is 37.0 Å². The van der Waals surface area contributed by atoms with Crippen molar-refractivity contribution in [1.82, 2.24) is 5.32 Å². The SMILES string of the molecule is CCCOc1ccc(C(=O)NCC(N)=O)cc1OCCC. The lowest BCUT2D eigenvalue weighted by atomic mass is 10.2. The molecule has 2 amide bonds. The van der Waals surface area contributed by atoms with Gasteiger partial charge in [0, 0.05) is 5.56 Å². The highest BCUT2D eigenvalue weighted by Gasteiger charge is 2.12. The van der Waals surface area contributed by atoms with E-state index in [0.29, 0.717) is 30.3 Å². The number of benzene rings is 1. The van der Waals surface area contributed by atoms with Gasteiger partial charge in [0.25, 0.3) is 5.91 Å². The Labute approximate surface area is 124 Å². The number of hydrogen-bond donors (Lipinski definition) is 2. The molecule has 0 spiro atoms. The van der Waals surface area contributed by atoms with Crippen LogP contribution < -0.4 is 20.5 Å². The van der Waals surface area contributed by atoms with E-state index in [4.69, 9.17) is 15.2 Å². The summed E-state index contributed by atoms with van der Waals surface area (Å²) < 4.78 is 11.2. The van der Waals surface area contributed by atoms with E-state index in [9.17, 15) is 9.59 Å². The second-order valence-corrected chi connectivity index (χ2v) is 4.51. The van der Waals surface area contributed by atoms with Gasteiger partial charge in [0.15, 0.2) is 11.5 Å². The molecule has 0 aliphatic heterocycles. The maximum absolute atomic E-state index is 11.9. The Bertz CT molecular complexity index is 489. The Morgan fingerprint density at radius 3 is 2.29 bits per heavy atom. The summed E-state index contributed by atoms with van der Waals surface area (Å²) in [6.07, 6.45) is 1.74. The van der Waals surface area contributed by atoms with Crippen LogP contribution in [0, 0.1) is 0 Å². The molecule has 0 atom stereocenters. The lowest BCUT2D eigenvalue weighted by Crippen LogP contribution is -2.33. The fourth-order valence-corrected chi connectivity index (χ4v) is 1.57. The van der Waals surface area contributed by atoms with Gasteiger partial charge in [0.2, 0.25) is 5.91 Å². The molecule has 0 radical (unpaired) electrons. The van der Waals surface area contributed by atoms with Crippen LogP contribution in [0.25, 0.3) is 0 Å². The molecule has 1 aromatic carbocycles. The predicted octanol–water partition coefficient (Wildman–Crippen LogP) is 1.48. The molecular weight excluding hydrogens is 272 g/mol. The Kier molecular flexibility index (Phi) is 7.08. The fraction of sp³-hybridized carbons (Fsp3) is 0.467. The lowest BCUT2D eigenvalue weighted by Gasteiger charge is -2.13. The first-order valence-corrected chi connectivity index (χ1v) is 7.04. The standard InChI is InChI=1S/C15H22N2O4/c1-3-7-20-12-6-5-11(9-13(12)21-8-4-2)15(19)17-10-14(16)18/h5-6,9H,3-4,7-8,10H2,1-2H3,(H2,16,18)(H,17,19). The van der Waals surface area contributed by atoms with E-state index in [-0.39, 0.29) is 12.5 Å². The van der Waals surface area contributed by atoms with Crippen LogP contribution in [0.5, 0.6) is 11.5 Å². The predicted molar refractivity (Wildman–Crippen MR) is 79.5 cm³/mol. The zero-order valence-electron chi connectivity index (χ0n) is 12.5. The molecule has 0 saturated carbocycles. The van der Waals surface area contributed by atoms with E-state index in [2.05, 4.69) is 5.32 Å². The van der Waals surface area contributed by atoms with Crippen molar-refractivity contribution < 1.29 is 19.1 Å². The molecule has 3 N–H and O–H groups in total. The molecule has 0 aliphatic carbocycles. The molecule has 0 saturated heterocycles. The zero-order valence-corrected chi connectivity index (χ0v) is 12.5. The molecular formula is C15H22N2O4. The molecule has 21 heavy (non-hydrogen) atoms. The molecule has 116 valence electrons. The maximum Gasteiger partial charge on any atom is 0.251 e. The summed E-state index contributed by atoms with van der Waals surface area (Å²) >= 11 is 0. The van der Waals surface area contributed by atoms with Crippen molar-refractivity contribution in [1.29, 1.82) is 0 Å². The van der Waals surface area contributed by atoms with Gasteiger partial charge in [0.05, 0.1) is 19.8 Å². The van der Waals surface area contributed by atoms with Gasteiger partial charge in [-0.1, -0.05) is 13.8 Å². The van der Waals surface area contributed by atoms with Crippen molar-refractivity contribution in [2.75, 3.05) is 19.8 Å². The van der Waals surface area contributed by atoms with E-state index in [1.54, 1.807) is 18.2 Å². The van der Waals surface area contributed by atoms with Crippen LogP contribution in [0.15, 0.2) is 18.2 Å². The average molecular weight is 294 g/mol. The third-order valence-corrected chi connectivity index (χ3v) is 2.55.